The Morgan fingerprint density at radius 1 is 1.35 bits per heavy atom. The van der Waals surface area contributed by atoms with Gasteiger partial charge in [-0.2, -0.15) is 0 Å². The SMILES string of the molecule is CCNC(=NCCc1ncc(CC)s1)NCCN(C)C(=O)OC(C)(C)C. The van der Waals surface area contributed by atoms with Crippen LogP contribution in [0.15, 0.2) is 11.2 Å². The number of hydrogen-bond donors (Lipinski definition) is 2. The first-order valence-electron chi connectivity index (χ1n) is 9.15. The molecule has 0 aliphatic carbocycles. The summed E-state index contributed by atoms with van der Waals surface area (Å²) in [6.07, 6.45) is 3.48. The standard InChI is InChI=1S/C18H33N5O2S/c1-7-14-13-22-15(26-14)9-10-20-16(19-8-2)21-11-12-23(6)17(24)25-18(3,4)5/h13H,7-12H2,1-6H3,(H2,19,20,21). The van der Waals surface area contributed by atoms with Crippen molar-refractivity contribution in [3.8, 4) is 0 Å². The largest absolute Gasteiger partial charge is 0.444 e. The number of thiazole rings is 1. The summed E-state index contributed by atoms with van der Waals surface area (Å²) in [5, 5.41) is 7.57. The number of rotatable bonds is 8. The number of carbonyl (C=O) groups excluding carboxylic acids is 1. The van der Waals surface area contributed by atoms with E-state index >= 15 is 0 Å². The molecule has 0 unspecified atom stereocenters. The van der Waals surface area contributed by atoms with E-state index in [0.29, 0.717) is 19.6 Å². The maximum atomic E-state index is 11.9. The van der Waals surface area contributed by atoms with Gasteiger partial charge in [-0.25, -0.2) is 9.78 Å². The molecule has 148 valence electrons. The third kappa shape index (κ3) is 9.03. The van der Waals surface area contributed by atoms with E-state index < -0.39 is 5.60 Å². The van der Waals surface area contributed by atoms with Gasteiger partial charge in [0.1, 0.15) is 5.60 Å². The van der Waals surface area contributed by atoms with Crippen LogP contribution in [0.4, 0.5) is 4.79 Å². The molecule has 26 heavy (non-hydrogen) atoms. The molecule has 7 nitrogen and oxygen atoms in total. The first kappa shape index (κ1) is 22.2. The molecule has 0 spiro atoms. The lowest BCUT2D eigenvalue weighted by molar-refractivity contribution is 0.0302. The van der Waals surface area contributed by atoms with Crippen molar-refractivity contribution in [2.45, 2.75) is 53.1 Å². The molecule has 1 heterocycles. The quantitative estimate of drug-likeness (QED) is 0.533. The van der Waals surface area contributed by atoms with Crippen molar-refractivity contribution in [3.05, 3.63) is 16.1 Å². The number of nitrogens with one attached hydrogen (secondary N) is 2. The van der Waals surface area contributed by atoms with Gasteiger partial charge in [-0.15, -0.1) is 11.3 Å². The van der Waals surface area contributed by atoms with Crippen molar-refractivity contribution in [1.29, 1.82) is 0 Å². The van der Waals surface area contributed by atoms with Crippen LogP contribution in [0.25, 0.3) is 0 Å². The fourth-order valence-corrected chi connectivity index (χ4v) is 2.86. The van der Waals surface area contributed by atoms with Crippen LogP contribution in [0.1, 0.15) is 44.5 Å². The molecule has 8 heteroatoms. The first-order valence-corrected chi connectivity index (χ1v) is 9.96. The lowest BCUT2D eigenvalue weighted by atomic mass is 10.2. The Morgan fingerprint density at radius 3 is 2.65 bits per heavy atom. The Kier molecular flexibility index (Phi) is 9.40. The predicted molar refractivity (Wildman–Crippen MR) is 108 cm³/mol. The van der Waals surface area contributed by atoms with Crippen LogP contribution in [-0.2, 0) is 17.6 Å². The van der Waals surface area contributed by atoms with E-state index in [1.165, 1.54) is 4.88 Å². The van der Waals surface area contributed by atoms with E-state index in [1.54, 1.807) is 23.3 Å². The minimum absolute atomic E-state index is 0.322. The molecule has 0 fully saturated rings. The van der Waals surface area contributed by atoms with Crippen LogP contribution in [-0.4, -0.2) is 60.8 Å². The lowest BCUT2D eigenvalue weighted by Crippen LogP contribution is -2.43. The van der Waals surface area contributed by atoms with Gasteiger partial charge in [0.15, 0.2) is 5.96 Å². The minimum atomic E-state index is -0.484. The molecule has 2 N–H and O–H groups in total. The Balaban J connectivity index is 2.40. The summed E-state index contributed by atoms with van der Waals surface area (Å²) in [5.41, 5.74) is -0.484. The highest BCUT2D eigenvalue weighted by molar-refractivity contribution is 7.11. The van der Waals surface area contributed by atoms with Gasteiger partial charge in [0.2, 0.25) is 0 Å². The molecule has 0 atom stereocenters. The molecule has 0 aliphatic heterocycles. The Hall–Kier alpha value is -1.83. The summed E-state index contributed by atoms with van der Waals surface area (Å²) in [6.45, 7) is 12.3. The predicted octanol–water partition coefficient (Wildman–Crippen LogP) is 2.67. The number of ether oxygens (including phenoxy) is 1. The fraction of sp³-hybridized carbons (Fsp3) is 0.722. The average molecular weight is 384 g/mol. The minimum Gasteiger partial charge on any atom is -0.444 e. The Labute approximate surface area is 161 Å². The lowest BCUT2D eigenvalue weighted by Gasteiger charge is -2.24. The maximum absolute atomic E-state index is 11.9. The van der Waals surface area contributed by atoms with Crippen LogP contribution in [0, 0.1) is 0 Å². The number of nitrogens with zero attached hydrogens (tertiary/aromatic N) is 3. The molecule has 0 bridgehead atoms. The van der Waals surface area contributed by atoms with Gasteiger partial charge in [0.25, 0.3) is 0 Å². The summed E-state index contributed by atoms with van der Waals surface area (Å²) in [4.78, 5) is 23.8. The second-order valence-corrected chi connectivity index (χ2v) is 8.11. The molecule has 1 aromatic heterocycles. The second-order valence-electron chi connectivity index (χ2n) is 6.91. The number of hydrogen-bond acceptors (Lipinski definition) is 5. The summed E-state index contributed by atoms with van der Waals surface area (Å²) in [7, 11) is 1.73. The van der Waals surface area contributed by atoms with Crippen LogP contribution >= 0.6 is 11.3 Å². The topological polar surface area (TPSA) is 78.9 Å². The van der Waals surface area contributed by atoms with Crippen LogP contribution in [0.3, 0.4) is 0 Å². The molecule has 0 aliphatic rings. The smallest absolute Gasteiger partial charge is 0.410 e. The molecular weight excluding hydrogens is 350 g/mol. The van der Waals surface area contributed by atoms with E-state index in [1.807, 2.05) is 33.9 Å². The molecule has 1 aromatic rings. The van der Waals surface area contributed by atoms with Gasteiger partial charge >= 0.3 is 6.09 Å². The molecule has 1 amide bonds. The van der Waals surface area contributed by atoms with E-state index in [9.17, 15) is 4.79 Å². The van der Waals surface area contributed by atoms with Crippen molar-refractivity contribution in [2.24, 2.45) is 4.99 Å². The monoisotopic (exact) mass is 383 g/mol. The van der Waals surface area contributed by atoms with Crippen molar-refractivity contribution in [3.63, 3.8) is 0 Å². The fourth-order valence-electron chi connectivity index (χ4n) is 2.01. The van der Waals surface area contributed by atoms with Crippen molar-refractivity contribution < 1.29 is 9.53 Å². The number of aromatic nitrogens is 1. The molecule has 0 aromatic carbocycles. The van der Waals surface area contributed by atoms with Crippen molar-refractivity contribution >= 4 is 23.4 Å². The number of aliphatic imine (C=N–C) groups is 1. The highest BCUT2D eigenvalue weighted by Gasteiger charge is 2.19. The zero-order valence-corrected chi connectivity index (χ0v) is 17.7. The van der Waals surface area contributed by atoms with E-state index in [2.05, 4.69) is 27.5 Å². The van der Waals surface area contributed by atoms with Gasteiger partial charge in [0, 0.05) is 50.7 Å². The number of amides is 1. The zero-order valence-electron chi connectivity index (χ0n) is 16.9. The van der Waals surface area contributed by atoms with Crippen molar-refractivity contribution in [2.75, 3.05) is 33.2 Å². The summed E-state index contributed by atoms with van der Waals surface area (Å²) in [6, 6.07) is 0. The molecule has 0 saturated carbocycles. The van der Waals surface area contributed by atoms with E-state index in [0.717, 1.165) is 30.4 Å². The average Bonchev–Trinajstić information content (AvgIpc) is 3.01. The third-order valence-corrected chi connectivity index (χ3v) is 4.54. The van der Waals surface area contributed by atoms with Crippen LogP contribution in [0.5, 0.6) is 0 Å². The van der Waals surface area contributed by atoms with E-state index in [4.69, 9.17) is 4.74 Å². The summed E-state index contributed by atoms with van der Waals surface area (Å²) >= 11 is 1.75. The molecule has 0 radical (unpaired) electrons. The number of guanidine groups is 1. The summed E-state index contributed by atoms with van der Waals surface area (Å²) in [5.74, 6) is 0.748. The molecular formula is C18H33N5O2S. The van der Waals surface area contributed by atoms with Gasteiger partial charge in [0.05, 0.1) is 5.01 Å². The summed E-state index contributed by atoms with van der Waals surface area (Å²) < 4.78 is 5.34. The van der Waals surface area contributed by atoms with E-state index in [-0.39, 0.29) is 6.09 Å². The van der Waals surface area contributed by atoms with Gasteiger partial charge in [-0.1, -0.05) is 6.92 Å². The Morgan fingerprint density at radius 2 is 2.08 bits per heavy atom. The van der Waals surface area contributed by atoms with Gasteiger partial charge in [-0.3, -0.25) is 4.99 Å². The van der Waals surface area contributed by atoms with Gasteiger partial charge in [-0.05, 0) is 34.1 Å². The normalized spacial score (nSPS) is 12.0. The van der Waals surface area contributed by atoms with Gasteiger partial charge < -0.3 is 20.3 Å². The zero-order chi connectivity index (χ0) is 19.6. The first-order chi connectivity index (χ1) is 12.2. The molecule has 0 saturated heterocycles. The molecule has 1 rings (SSSR count). The highest BCUT2D eigenvalue weighted by Crippen LogP contribution is 2.13. The highest BCUT2D eigenvalue weighted by atomic mass is 32.1. The Bertz CT molecular complexity index is 580. The van der Waals surface area contributed by atoms with Crippen LogP contribution < -0.4 is 10.6 Å². The number of likely N-dealkylation sites (N-methyl/N-ethyl adjacent to an activating group) is 1. The van der Waals surface area contributed by atoms with Crippen molar-refractivity contribution in [1.82, 2.24) is 20.5 Å². The second kappa shape index (κ2) is 11.0. The third-order valence-electron chi connectivity index (χ3n) is 3.33. The van der Waals surface area contributed by atoms with Crippen LogP contribution in [0.2, 0.25) is 0 Å². The maximum Gasteiger partial charge on any atom is 0.410 e. The number of carbonyl (C=O) groups is 1. The number of aryl methyl sites for hydroxylation is 1.